The van der Waals surface area contributed by atoms with E-state index in [9.17, 15) is 24.3 Å². The lowest BCUT2D eigenvalue weighted by atomic mass is 9.93. The van der Waals surface area contributed by atoms with Crippen LogP contribution in [0.15, 0.2) is 47.3 Å². The number of rotatable bonds is 9. The Balaban J connectivity index is 1.69. The number of amides is 1. The molecule has 3 rings (SSSR count). The van der Waals surface area contributed by atoms with Gasteiger partial charge in [0.05, 0.1) is 5.39 Å². The van der Waals surface area contributed by atoms with E-state index in [0.29, 0.717) is 23.1 Å². The molecule has 1 heterocycles. The number of hydrogen-bond acceptors (Lipinski definition) is 7. The van der Waals surface area contributed by atoms with Crippen molar-refractivity contribution in [2.75, 3.05) is 12.4 Å². The van der Waals surface area contributed by atoms with Crippen LogP contribution in [0.25, 0.3) is 10.9 Å². The van der Waals surface area contributed by atoms with Gasteiger partial charge in [0, 0.05) is 31.3 Å². The molecule has 11 nitrogen and oxygen atoms in total. The number of aliphatic carboxylic acids is 2. The maximum absolute atomic E-state index is 12.8. The van der Waals surface area contributed by atoms with Gasteiger partial charge in [0.1, 0.15) is 11.1 Å². The number of likely N-dealkylation sites (N-methyl/N-ethyl adjacent to an activating group) is 1. The van der Waals surface area contributed by atoms with Crippen molar-refractivity contribution >= 4 is 34.4 Å². The Bertz CT molecular complexity index is 1260. The van der Waals surface area contributed by atoms with Gasteiger partial charge in [-0.15, -0.1) is 5.10 Å². The monoisotopic (exact) mass is 453 g/mol. The molecule has 3 aromatic rings. The van der Waals surface area contributed by atoms with E-state index in [2.05, 4.69) is 20.7 Å². The fourth-order valence-electron chi connectivity index (χ4n) is 3.27. The molecule has 0 radical (unpaired) electrons. The third-order valence-electron chi connectivity index (χ3n) is 5.57. The van der Waals surface area contributed by atoms with E-state index in [1.54, 1.807) is 36.4 Å². The number of carboxylic acids is 2. The average molecular weight is 453 g/mol. The summed E-state index contributed by atoms with van der Waals surface area (Å²) >= 11 is 0. The number of carboxylic acid groups (broad SMARTS) is 2. The largest absolute Gasteiger partial charge is 0.481 e. The molecule has 1 atom stereocenters. The predicted molar refractivity (Wildman–Crippen MR) is 119 cm³/mol. The van der Waals surface area contributed by atoms with Crippen LogP contribution in [0.4, 0.5) is 5.69 Å². The van der Waals surface area contributed by atoms with Crippen LogP contribution in [0.3, 0.4) is 0 Å². The summed E-state index contributed by atoms with van der Waals surface area (Å²) in [6, 6.07) is 11.7. The Hall–Kier alpha value is -4.28. The highest BCUT2D eigenvalue weighted by atomic mass is 16.4. The lowest BCUT2D eigenvalue weighted by Gasteiger charge is -2.35. The summed E-state index contributed by atoms with van der Waals surface area (Å²) in [5.74, 6) is -2.95. The van der Waals surface area contributed by atoms with Crippen LogP contribution in [0.2, 0.25) is 0 Å². The Kier molecular flexibility index (Phi) is 6.71. The zero-order chi connectivity index (χ0) is 24.2. The summed E-state index contributed by atoms with van der Waals surface area (Å²) < 4.78 is 0. The van der Waals surface area contributed by atoms with Gasteiger partial charge in [-0.05, 0) is 55.3 Å². The van der Waals surface area contributed by atoms with E-state index < -0.39 is 23.4 Å². The topological polar surface area (TPSA) is 166 Å². The zero-order valence-electron chi connectivity index (χ0n) is 18.0. The van der Waals surface area contributed by atoms with Gasteiger partial charge in [0.15, 0.2) is 0 Å². The number of anilines is 1. The predicted octanol–water partition coefficient (Wildman–Crippen LogP) is 1.71. The molecule has 0 saturated heterocycles. The van der Waals surface area contributed by atoms with Crippen LogP contribution in [0, 0.1) is 0 Å². The van der Waals surface area contributed by atoms with Crippen molar-refractivity contribution < 1.29 is 24.6 Å². The second kappa shape index (κ2) is 9.47. The third-order valence-corrected chi connectivity index (χ3v) is 5.57. The third kappa shape index (κ3) is 5.14. The van der Waals surface area contributed by atoms with Crippen molar-refractivity contribution in [1.29, 1.82) is 0 Å². The minimum Gasteiger partial charge on any atom is -0.481 e. The highest BCUT2D eigenvalue weighted by Crippen LogP contribution is 2.23. The lowest BCUT2D eigenvalue weighted by molar-refractivity contribution is -0.149. The molecule has 0 aliphatic rings. The first-order valence-corrected chi connectivity index (χ1v) is 10.0. The van der Waals surface area contributed by atoms with Gasteiger partial charge >= 0.3 is 11.9 Å². The highest BCUT2D eigenvalue weighted by Gasteiger charge is 2.40. The number of carbonyl (C=O) groups is 3. The maximum atomic E-state index is 12.8. The Morgan fingerprint density at radius 1 is 1.12 bits per heavy atom. The number of carbonyl (C=O) groups excluding carboxylic acids is 1. The first-order valence-electron chi connectivity index (χ1n) is 10.0. The minimum atomic E-state index is -1.66. The molecule has 1 amide bonds. The molecule has 1 aromatic heterocycles. The van der Waals surface area contributed by atoms with Gasteiger partial charge in [-0.25, -0.2) is 9.89 Å². The quantitative estimate of drug-likeness (QED) is 0.377. The number of aromatic nitrogens is 3. The smallest absolute Gasteiger partial charge is 0.329 e. The Morgan fingerprint density at radius 3 is 2.45 bits per heavy atom. The van der Waals surface area contributed by atoms with Crippen molar-refractivity contribution in [3.05, 3.63) is 63.9 Å². The number of benzene rings is 2. The van der Waals surface area contributed by atoms with Crippen LogP contribution < -0.4 is 10.9 Å². The molecule has 33 heavy (non-hydrogen) atoms. The van der Waals surface area contributed by atoms with Gasteiger partial charge < -0.3 is 20.4 Å². The van der Waals surface area contributed by atoms with Crippen molar-refractivity contribution in [1.82, 2.24) is 20.3 Å². The number of aromatic amines is 1. The number of nitrogens with one attached hydrogen (secondary N) is 2. The molecule has 0 bridgehead atoms. The maximum Gasteiger partial charge on any atom is 0.329 e. The first kappa shape index (κ1) is 23.4. The van der Waals surface area contributed by atoms with Gasteiger partial charge in [-0.1, -0.05) is 11.3 Å². The zero-order valence-corrected chi connectivity index (χ0v) is 18.0. The number of nitrogens with zero attached hydrogens (tertiary/aromatic N) is 3. The minimum absolute atomic E-state index is 0.222. The molecular weight excluding hydrogens is 430 g/mol. The molecule has 172 valence electrons. The van der Waals surface area contributed by atoms with E-state index >= 15 is 0 Å². The van der Waals surface area contributed by atoms with Crippen molar-refractivity contribution in [2.24, 2.45) is 0 Å². The van der Waals surface area contributed by atoms with E-state index in [4.69, 9.17) is 5.11 Å². The first-order chi connectivity index (χ1) is 15.6. The second-order valence-electron chi connectivity index (χ2n) is 7.76. The summed E-state index contributed by atoms with van der Waals surface area (Å²) in [6.07, 6.45) is -0.601. The fraction of sp³-hybridized carbons (Fsp3) is 0.273. The molecule has 2 aromatic carbocycles. The number of H-pyrrole nitrogens is 1. The van der Waals surface area contributed by atoms with Crippen molar-refractivity contribution in [3.63, 3.8) is 0 Å². The van der Waals surface area contributed by atoms with Crippen LogP contribution in [-0.4, -0.2) is 61.0 Å². The fourth-order valence-corrected chi connectivity index (χ4v) is 3.27. The van der Waals surface area contributed by atoms with E-state index in [1.165, 1.54) is 14.0 Å². The van der Waals surface area contributed by atoms with Crippen LogP contribution >= 0.6 is 0 Å². The van der Waals surface area contributed by atoms with Crippen LogP contribution in [-0.2, 0) is 16.1 Å². The summed E-state index contributed by atoms with van der Waals surface area (Å²) in [7, 11) is 1.34. The van der Waals surface area contributed by atoms with Gasteiger partial charge in [-0.2, -0.15) is 0 Å². The molecular formula is C22H23N5O6. The van der Waals surface area contributed by atoms with E-state index in [1.807, 2.05) is 6.07 Å². The molecule has 0 saturated carbocycles. The summed E-state index contributed by atoms with van der Waals surface area (Å²) in [6.45, 7) is 1.74. The average Bonchev–Trinajstić information content (AvgIpc) is 2.80. The Morgan fingerprint density at radius 2 is 1.82 bits per heavy atom. The van der Waals surface area contributed by atoms with Crippen LogP contribution in [0.1, 0.15) is 35.7 Å². The van der Waals surface area contributed by atoms with Crippen molar-refractivity contribution in [3.8, 4) is 0 Å². The number of hydrogen-bond donors (Lipinski definition) is 4. The second-order valence-corrected chi connectivity index (χ2v) is 7.76. The molecule has 0 unspecified atom stereocenters. The summed E-state index contributed by atoms with van der Waals surface area (Å²) in [5.41, 5.74) is 0.322. The van der Waals surface area contributed by atoms with E-state index in [0.717, 1.165) is 10.5 Å². The van der Waals surface area contributed by atoms with E-state index in [-0.39, 0.29) is 24.0 Å². The molecule has 0 spiro atoms. The lowest BCUT2D eigenvalue weighted by Crippen LogP contribution is -2.53. The SMILES string of the molecule is CN(C(=O)c1ccc(NCc2ccc3nn[nH]c(=O)c3c2)cc1)[C@@](C)(CCC(=O)O)C(=O)O. The highest BCUT2D eigenvalue weighted by molar-refractivity contribution is 5.98. The molecule has 4 N–H and O–H groups in total. The van der Waals surface area contributed by atoms with Gasteiger partial charge in [0.2, 0.25) is 0 Å². The molecule has 11 heteroatoms. The molecule has 0 aliphatic carbocycles. The van der Waals surface area contributed by atoms with Gasteiger partial charge in [-0.3, -0.25) is 14.4 Å². The van der Waals surface area contributed by atoms with Crippen molar-refractivity contribution in [2.45, 2.75) is 31.8 Å². The number of fused-ring (bicyclic) bond motifs is 1. The molecule has 0 fully saturated rings. The molecule has 0 aliphatic heterocycles. The van der Waals surface area contributed by atoms with Gasteiger partial charge in [0.25, 0.3) is 11.5 Å². The van der Waals surface area contributed by atoms with Crippen LogP contribution in [0.5, 0.6) is 0 Å². The standard InChI is InChI=1S/C22H23N5O6/c1-22(21(32)33,10-9-18(28)29)27(2)20(31)14-4-6-15(7-5-14)23-12-13-3-8-17-16(11-13)19(30)25-26-24-17/h3-8,11,23H,9-10,12H2,1-2H3,(H,28,29)(H,32,33)(H,24,25,30)/t22-/m0/s1. The normalized spacial score (nSPS) is 12.7. The Labute approximate surface area is 188 Å². The summed E-state index contributed by atoms with van der Waals surface area (Å²) in [5, 5.41) is 31.8. The summed E-state index contributed by atoms with van der Waals surface area (Å²) in [4.78, 5) is 48.4.